The van der Waals surface area contributed by atoms with Crippen LogP contribution in [0.4, 0.5) is 0 Å². The molecule has 5 aliphatic rings. The Labute approximate surface area is 170 Å². The van der Waals surface area contributed by atoms with Gasteiger partial charge < -0.3 is 14.2 Å². The average molecular weight is 397 g/mol. The molecule has 162 valence electrons. The highest BCUT2D eigenvalue weighted by atomic mass is 17.3. The minimum absolute atomic E-state index is 0.211. The van der Waals surface area contributed by atoms with Crippen molar-refractivity contribution in [3.8, 4) is 0 Å². The lowest BCUT2D eigenvalue weighted by molar-refractivity contribution is -0.577. The first-order valence-corrected chi connectivity index (χ1v) is 11.8. The minimum Gasteiger partial charge on any atom is -0.352 e. The van der Waals surface area contributed by atoms with Crippen LogP contribution in [0, 0.1) is 23.7 Å². The van der Waals surface area contributed by atoms with Crippen molar-refractivity contribution in [3.63, 3.8) is 0 Å². The molecule has 5 heteroatoms. The summed E-state index contributed by atoms with van der Waals surface area (Å²) in [6.45, 7) is 9.61. The van der Waals surface area contributed by atoms with E-state index in [1.165, 1.54) is 38.5 Å². The predicted molar refractivity (Wildman–Crippen MR) is 106 cm³/mol. The van der Waals surface area contributed by atoms with Gasteiger partial charge in [0.1, 0.15) is 0 Å². The summed E-state index contributed by atoms with van der Waals surface area (Å²) < 4.78 is 19.1. The van der Waals surface area contributed by atoms with E-state index in [0.717, 1.165) is 32.3 Å². The maximum Gasteiger partial charge on any atom is 0.201 e. The van der Waals surface area contributed by atoms with Crippen LogP contribution >= 0.6 is 0 Å². The summed E-state index contributed by atoms with van der Waals surface area (Å²) in [5, 5.41) is 0. The Morgan fingerprint density at radius 3 is 2.54 bits per heavy atom. The van der Waals surface area contributed by atoms with E-state index in [1.807, 2.05) is 6.92 Å². The van der Waals surface area contributed by atoms with Crippen LogP contribution in [0.3, 0.4) is 0 Å². The fraction of sp³-hybridized carbons (Fsp3) is 1.00. The summed E-state index contributed by atoms with van der Waals surface area (Å²) in [5.41, 5.74) is -0.479. The third-order valence-corrected chi connectivity index (χ3v) is 7.88. The van der Waals surface area contributed by atoms with E-state index in [9.17, 15) is 0 Å². The summed E-state index contributed by atoms with van der Waals surface area (Å²) in [5.74, 6) is 0.943. The van der Waals surface area contributed by atoms with Gasteiger partial charge in [0.05, 0.1) is 0 Å². The molecular formula is C23H40O5. The van der Waals surface area contributed by atoms with E-state index in [2.05, 4.69) is 20.8 Å². The quantitative estimate of drug-likeness (QED) is 0.396. The van der Waals surface area contributed by atoms with Gasteiger partial charge in [-0.3, -0.25) is 0 Å². The van der Waals surface area contributed by atoms with E-state index in [4.69, 9.17) is 24.0 Å². The second kappa shape index (κ2) is 8.50. The monoisotopic (exact) mass is 396 g/mol. The third kappa shape index (κ3) is 3.66. The topological polar surface area (TPSA) is 46.2 Å². The molecule has 1 aliphatic carbocycles. The summed E-state index contributed by atoms with van der Waals surface area (Å²) in [6, 6.07) is 0. The predicted octanol–water partition coefficient (Wildman–Crippen LogP) is 5.57. The second-order valence-corrected chi connectivity index (χ2v) is 9.91. The van der Waals surface area contributed by atoms with Crippen molar-refractivity contribution in [2.75, 3.05) is 6.61 Å². The van der Waals surface area contributed by atoms with Crippen molar-refractivity contribution in [2.45, 2.75) is 116 Å². The van der Waals surface area contributed by atoms with Crippen LogP contribution in [-0.2, 0) is 24.0 Å². The molecule has 5 fully saturated rings. The van der Waals surface area contributed by atoms with E-state index in [0.29, 0.717) is 17.8 Å². The largest absolute Gasteiger partial charge is 0.352 e. The van der Waals surface area contributed by atoms with Crippen molar-refractivity contribution < 1.29 is 24.0 Å². The highest BCUT2D eigenvalue weighted by Gasteiger charge is 2.69. The van der Waals surface area contributed by atoms with Crippen molar-refractivity contribution in [3.05, 3.63) is 0 Å². The van der Waals surface area contributed by atoms with E-state index in [1.54, 1.807) is 0 Å². The van der Waals surface area contributed by atoms with E-state index in [-0.39, 0.29) is 12.2 Å². The van der Waals surface area contributed by atoms with Crippen LogP contribution in [0.2, 0.25) is 0 Å². The molecule has 0 aromatic rings. The van der Waals surface area contributed by atoms with Crippen LogP contribution in [0.15, 0.2) is 0 Å². The first-order valence-electron chi connectivity index (χ1n) is 11.8. The van der Waals surface area contributed by atoms with Gasteiger partial charge in [-0.1, -0.05) is 52.9 Å². The molecule has 0 aromatic carbocycles. The summed E-state index contributed by atoms with van der Waals surface area (Å²) >= 11 is 0. The van der Waals surface area contributed by atoms with Gasteiger partial charge in [-0.2, -0.15) is 0 Å². The molecule has 4 aliphatic heterocycles. The van der Waals surface area contributed by atoms with Crippen LogP contribution in [0.1, 0.15) is 91.9 Å². The number of ether oxygens (including phenoxy) is 3. The SMILES string of the molecule is CCCCCCCCOC1O[C@@H]2O[C@@]3(C)CCC4[C@H](C)CCC([C@H]1C)[C@]42OO3. The number of fused-ring (bicyclic) bond motifs is 2. The maximum absolute atomic E-state index is 6.45. The highest BCUT2D eigenvalue weighted by Crippen LogP contribution is 2.60. The summed E-state index contributed by atoms with van der Waals surface area (Å²) in [4.78, 5) is 12.0. The average Bonchev–Trinajstić information content (AvgIpc) is 2.91. The maximum atomic E-state index is 6.45. The van der Waals surface area contributed by atoms with Gasteiger partial charge >= 0.3 is 0 Å². The molecule has 0 N–H and O–H groups in total. The minimum atomic E-state index is -0.706. The molecule has 0 amide bonds. The molecule has 3 unspecified atom stereocenters. The van der Waals surface area contributed by atoms with Crippen LogP contribution in [0.5, 0.6) is 0 Å². The molecule has 1 saturated carbocycles. The molecule has 2 bridgehead atoms. The Morgan fingerprint density at radius 1 is 0.929 bits per heavy atom. The Morgan fingerprint density at radius 2 is 1.71 bits per heavy atom. The van der Waals surface area contributed by atoms with Crippen molar-refractivity contribution in [2.24, 2.45) is 23.7 Å². The number of unbranched alkanes of at least 4 members (excludes halogenated alkanes) is 5. The molecule has 5 nitrogen and oxygen atoms in total. The zero-order chi connectivity index (χ0) is 19.8. The van der Waals surface area contributed by atoms with E-state index >= 15 is 0 Å². The lowest BCUT2D eigenvalue weighted by Crippen LogP contribution is -2.70. The molecule has 1 spiro atoms. The lowest BCUT2D eigenvalue weighted by Gasteiger charge is -2.60. The molecule has 8 atom stereocenters. The molecule has 28 heavy (non-hydrogen) atoms. The van der Waals surface area contributed by atoms with Gasteiger partial charge in [0, 0.05) is 24.9 Å². The Balaban J connectivity index is 1.41. The molecule has 0 radical (unpaired) electrons. The second-order valence-electron chi connectivity index (χ2n) is 9.91. The number of hydrogen-bond acceptors (Lipinski definition) is 5. The highest BCUT2D eigenvalue weighted by molar-refractivity contribution is 5.09. The third-order valence-electron chi connectivity index (χ3n) is 7.88. The lowest BCUT2D eigenvalue weighted by atomic mass is 9.58. The van der Waals surface area contributed by atoms with Gasteiger partial charge in [-0.15, -0.1) is 0 Å². The van der Waals surface area contributed by atoms with Gasteiger partial charge in [0.2, 0.25) is 5.79 Å². The van der Waals surface area contributed by atoms with Crippen molar-refractivity contribution >= 4 is 0 Å². The number of hydrogen-bond donors (Lipinski definition) is 0. The smallest absolute Gasteiger partial charge is 0.201 e. The molecule has 5 rings (SSSR count). The normalized spacial score (nSPS) is 47.6. The van der Waals surface area contributed by atoms with E-state index < -0.39 is 17.7 Å². The van der Waals surface area contributed by atoms with Crippen LogP contribution in [0.25, 0.3) is 0 Å². The number of rotatable bonds is 8. The van der Waals surface area contributed by atoms with Gasteiger partial charge in [-0.25, -0.2) is 9.78 Å². The first kappa shape index (κ1) is 21.0. The first-order chi connectivity index (χ1) is 13.5. The Bertz CT molecular complexity index is 527. The summed E-state index contributed by atoms with van der Waals surface area (Å²) in [7, 11) is 0. The fourth-order valence-corrected chi connectivity index (χ4v) is 6.14. The van der Waals surface area contributed by atoms with Crippen LogP contribution in [-0.4, -0.2) is 30.6 Å². The molecule has 4 heterocycles. The molecule has 4 saturated heterocycles. The zero-order valence-electron chi connectivity index (χ0n) is 18.3. The molecule has 0 aromatic heterocycles. The van der Waals surface area contributed by atoms with Crippen LogP contribution < -0.4 is 0 Å². The van der Waals surface area contributed by atoms with Gasteiger partial charge in [0.15, 0.2) is 18.2 Å². The van der Waals surface area contributed by atoms with Crippen molar-refractivity contribution in [1.29, 1.82) is 0 Å². The Kier molecular flexibility index (Phi) is 6.39. The fourth-order valence-electron chi connectivity index (χ4n) is 6.14. The van der Waals surface area contributed by atoms with Gasteiger partial charge in [-0.05, 0) is 44.4 Å². The zero-order valence-corrected chi connectivity index (χ0v) is 18.3. The standard InChI is InChI=1S/C23H40O5/c1-5-6-7-8-9-10-15-24-20-17(3)19-12-11-16(2)18-13-14-22(4)26-21(25-20)23(18,19)28-27-22/h16-21H,5-15H2,1-4H3/t16-,17-,18?,19?,20?,21-,22-,23-/m1/s1. The molecular weight excluding hydrogens is 356 g/mol. The van der Waals surface area contributed by atoms with Gasteiger partial charge in [0.25, 0.3) is 0 Å². The summed E-state index contributed by atoms with van der Waals surface area (Å²) in [6.07, 6.45) is 11.3. The van der Waals surface area contributed by atoms with Crippen molar-refractivity contribution in [1.82, 2.24) is 0 Å². The Hall–Kier alpha value is -0.200.